The Bertz CT molecular complexity index is 598. The van der Waals surface area contributed by atoms with E-state index >= 15 is 0 Å². The summed E-state index contributed by atoms with van der Waals surface area (Å²) in [4.78, 5) is 23.6. The van der Waals surface area contributed by atoms with Crippen molar-refractivity contribution >= 4 is 11.9 Å². The standard InChI is InChI=1S/C18H21NO4/c20-17(15-13-6-7-14(10-13)16(15)18(21)22)19-8-9-23-11-12-4-2-1-3-5-12/h1-7,13-16H,8-11H2,(H,19,20)(H,21,22)/p-1/t13-,14-,15+,16-/m0/s1. The van der Waals surface area contributed by atoms with Gasteiger partial charge in [-0.15, -0.1) is 0 Å². The number of amides is 1. The smallest absolute Gasteiger partial charge is 0.224 e. The number of fused-ring (bicyclic) bond motifs is 2. The van der Waals surface area contributed by atoms with Gasteiger partial charge in [-0.3, -0.25) is 4.79 Å². The molecule has 2 aliphatic carbocycles. The van der Waals surface area contributed by atoms with Crippen molar-refractivity contribution in [1.29, 1.82) is 0 Å². The van der Waals surface area contributed by atoms with Crippen LogP contribution in [-0.2, 0) is 20.9 Å². The molecule has 1 fully saturated rings. The Morgan fingerprint density at radius 1 is 1.13 bits per heavy atom. The van der Waals surface area contributed by atoms with Gasteiger partial charge in [0.15, 0.2) is 0 Å². The van der Waals surface area contributed by atoms with Crippen LogP contribution in [0.4, 0.5) is 0 Å². The van der Waals surface area contributed by atoms with Gasteiger partial charge < -0.3 is 20.0 Å². The predicted octanol–water partition coefficient (Wildman–Crippen LogP) is 0.508. The van der Waals surface area contributed by atoms with Crippen LogP contribution in [-0.4, -0.2) is 25.0 Å². The fraction of sp³-hybridized carbons (Fsp3) is 0.444. The summed E-state index contributed by atoms with van der Waals surface area (Å²) >= 11 is 0. The van der Waals surface area contributed by atoms with Crippen molar-refractivity contribution in [2.24, 2.45) is 23.7 Å². The predicted molar refractivity (Wildman–Crippen MR) is 81.8 cm³/mol. The first kappa shape index (κ1) is 15.7. The van der Waals surface area contributed by atoms with Gasteiger partial charge in [0, 0.05) is 18.4 Å². The van der Waals surface area contributed by atoms with Crippen LogP contribution < -0.4 is 10.4 Å². The number of hydrogen-bond acceptors (Lipinski definition) is 4. The van der Waals surface area contributed by atoms with Crippen LogP contribution >= 0.6 is 0 Å². The average Bonchev–Trinajstić information content (AvgIpc) is 3.16. The molecule has 1 aromatic carbocycles. The minimum absolute atomic E-state index is 0.0214. The van der Waals surface area contributed by atoms with Crippen LogP contribution in [0.1, 0.15) is 12.0 Å². The molecule has 2 aliphatic rings. The molecular formula is C18H20NO4-. The third kappa shape index (κ3) is 3.45. The van der Waals surface area contributed by atoms with Gasteiger partial charge in [-0.25, -0.2) is 0 Å². The monoisotopic (exact) mass is 314 g/mol. The molecule has 2 bridgehead atoms. The normalized spacial score (nSPS) is 28.0. The van der Waals surface area contributed by atoms with E-state index in [1.807, 2.05) is 42.5 Å². The van der Waals surface area contributed by atoms with E-state index in [1.54, 1.807) is 0 Å². The number of allylic oxidation sites excluding steroid dienone is 2. The second-order valence-corrected chi connectivity index (χ2v) is 6.15. The number of carboxylic acid groups (broad SMARTS) is 1. The van der Waals surface area contributed by atoms with E-state index in [9.17, 15) is 14.7 Å². The van der Waals surface area contributed by atoms with Gasteiger partial charge >= 0.3 is 0 Å². The van der Waals surface area contributed by atoms with Crippen LogP contribution in [0.25, 0.3) is 0 Å². The number of ether oxygens (including phenoxy) is 1. The highest BCUT2D eigenvalue weighted by atomic mass is 16.5. The molecule has 1 aromatic rings. The van der Waals surface area contributed by atoms with Gasteiger partial charge in [-0.2, -0.15) is 0 Å². The Hall–Kier alpha value is -2.14. The highest BCUT2D eigenvalue weighted by Gasteiger charge is 2.48. The fourth-order valence-electron chi connectivity index (χ4n) is 3.63. The molecule has 0 heterocycles. The summed E-state index contributed by atoms with van der Waals surface area (Å²) in [6.07, 6.45) is 4.60. The number of carbonyl (C=O) groups is 2. The van der Waals surface area contributed by atoms with Gasteiger partial charge in [0.2, 0.25) is 5.91 Å². The van der Waals surface area contributed by atoms with Gasteiger partial charge in [0.1, 0.15) is 0 Å². The van der Waals surface area contributed by atoms with Crippen LogP contribution in [0.3, 0.4) is 0 Å². The van der Waals surface area contributed by atoms with E-state index in [4.69, 9.17) is 4.74 Å². The minimum Gasteiger partial charge on any atom is -0.550 e. The number of aliphatic carboxylic acids is 1. The van der Waals surface area contributed by atoms with Gasteiger partial charge in [-0.1, -0.05) is 42.5 Å². The maximum atomic E-state index is 12.3. The third-order valence-corrected chi connectivity index (χ3v) is 4.69. The average molecular weight is 314 g/mol. The summed E-state index contributed by atoms with van der Waals surface area (Å²) in [5, 5.41) is 14.1. The number of benzene rings is 1. The number of rotatable bonds is 7. The van der Waals surface area contributed by atoms with Crippen molar-refractivity contribution in [2.45, 2.75) is 13.0 Å². The summed E-state index contributed by atoms with van der Waals surface area (Å²) in [6.45, 7) is 1.27. The molecule has 3 rings (SSSR count). The van der Waals surface area contributed by atoms with E-state index < -0.39 is 17.8 Å². The molecule has 1 saturated carbocycles. The summed E-state index contributed by atoms with van der Waals surface area (Å²) in [7, 11) is 0. The zero-order valence-corrected chi connectivity index (χ0v) is 12.8. The molecular weight excluding hydrogens is 294 g/mol. The zero-order chi connectivity index (χ0) is 16.2. The van der Waals surface area contributed by atoms with Gasteiger partial charge in [-0.05, 0) is 23.8 Å². The molecule has 1 N–H and O–H groups in total. The fourth-order valence-corrected chi connectivity index (χ4v) is 3.63. The van der Waals surface area contributed by atoms with E-state index in [1.165, 1.54) is 0 Å². The second kappa shape index (κ2) is 6.96. The van der Waals surface area contributed by atoms with Crippen molar-refractivity contribution in [3.63, 3.8) is 0 Å². The molecule has 0 radical (unpaired) electrons. The van der Waals surface area contributed by atoms with Crippen LogP contribution in [0, 0.1) is 23.7 Å². The maximum absolute atomic E-state index is 12.3. The lowest BCUT2D eigenvalue weighted by atomic mass is 9.82. The summed E-state index contributed by atoms with van der Waals surface area (Å²) in [6, 6.07) is 9.79. The second-order valence-electron chi connectivity index (χ2n) is 6.15. The van der Waals surface area contributed by atoms with Gasteiger partial charge in [0.05, 0.1) is 19.1 Å². The third-order valence-electron chi connectivity index (χ3n) is 4.69. The molecule has 5 nitrogen and oxygen atoms in total. The Balaban J connectivity index is 1.43. The van der Waals surface area contributed by atoms with Crippen LogP contribution in [0.5, 0.6) is 0 Å². The summed E-state index contributed by atoms with van der Waals surface area (Å²) in [5.74, 6) is -2.58. The van der Waals surface area contributed by atoms with E-state index in [-0.39, 0.29) is 17.7 Å². The van der Waals surface area contributed by atoms with Crippen molar-refractivity contribution < 1.29 is 19.4 Å². The van der Waals surface area contributed by atoms with E-state index in [0.29, 0.717) is 19.8 Å². The quantitative estimate of drug-likeness (QED) is 0.587. The molecule has 0 unspecified atom stereocenters. The molecule has 0 aliphatic heterocycles. The largest absolute Gasteiger partial charge is 0.550 e. The molecule has 1 amide bonds. The molecule has 0 spiro atoms. The van der Waals surface area contributed by atoms with Crippen molar-refractivity contribution in [2.75, 3.05) is 13.2 Å². The highest BCUT2D eigenvalue weighted by Crippen LogP contribution is 2.47. The number of hydrogen-bond donors (Lipinski definition) is 1. The first-order valence-corrected chi connectivity index (χ1v) is 7.95. The summed E-state index contributed by atoms with van der Waals surface area (Å²) in [5.41, 5.74) is 1.08. The van der Waals surface area contributed by atoms with Crippen molar-refractivity contribution in [3.05, 3.63) is 48.0 Å². The maximum Gasteiger partial charge on any atom is 0.224 e. The van der Waals surface area contributed by atoms with Gasteiger partial charge in [0.25, 0.3) is 0 Å². The number of nitrogens with one attached hydrogen (secondary N) is 1. The summed E-state index contributed by atoms with van der Waals surface area (Å²) < 4.78 is 5.51. The van der Waals surface area contributed by atoms with Crippen molar-refractivity contribution in [1.82, 2.24) is 5.32 Å². The van der Waals surface area contributed by atoms with Crippen molar-refractivity contribution in [3.8, 4) is 0 Å². The lowest BCUT2D eigenvalue weighted by Gasteiger charge is -2.27. The molecule has 5 heteroatoms. The molecule has 4 atom stereocenters. The Morgan fingerprint density at radius 3 is 2.52 bits per heavy atom. The molecule has 0 aromatic heterocycles. The van der Waals surface area contributed by atoms with E-state index in [2.05, 4.69) is 5.32 Å². The highest BCUT2D eigenvalue weighted by molar-refractivity contribution is 5.86. The van der Waals surface area contributed by atoms with Crippen LogP contribution in [0.15, 0.2) is 42.5 Å². The Kier molecular flexibility index (Phi) is 4.76. The first-order valence-electron chi connectivity index (χ1n) is 7.95. The number of carbonyl (C=O) groups excluding carboxylic acids is 2. The number of carboxylic acids is 1. The Labute approximate surface area is 135 Å². The lowest BCUT2D eigenvalue weighted by molar-refractivity contribution is -0.313. The lowest BCUT2D eigenvalue weighted by Crippen LogP contribution is -2.45. The van der Waals surface area contributed by atoms with E-state index in [0.717, 1.165) is 12.0 Å². The van der Waals surface area contributed by atoms with Crippen LogP contribution in [0.2, 0.25) is 0 Å². The Morgan fingerprint density at radius 2 is 1.83 bits per heavy atom. The first-order chi connectivity index (χ1) is 11.2. The SMILES string of the molecule is O=C([O-])[C@@H]1[C@H](C(=O)NCCOCc2ccccc2)[C@H]2C=C[C@H]1C2. The molecule has 0 saturated heterocycles. The topological polar surface area (TPSA) is 78.5 Å². The minimum atomic E-state index is -1.12. The molecule has 23 heavy (non-hydrogen) atoms. The molecule has 122 valence electrons. The zero-order valence-electron chi connectivity index (χ0n) is 12.8.